The van der Waals surface area contributed by atoms with Crippen molar-refractivity contribution in [2.75, 3.05) is 18.0 Å². The Morgan fingerprint density at radius 1 is 1.11 bits per heavy atom. The number of rotatable bonds is 4. The molecule has 0 spiro atoms. The number of nitrogens with zero attached hydrogens (tertiary/aromatic N) is 3. The van der Waals surface area contributed by atoms with E-state index in [0.717, 1.165) is 42.7 Å². The normalized spacial score (nSPS) is 19.6. The number of imidazole rings is 1. The van der Waals surface area contributed by atoms with Crippen molar-refractivity contribution in [3.63, 3.8) is 0 Å². The largest absolute Gasteiger partial charge is 0.388 e. The number of aromatic nitrogens is 2. The third kappa shape index (κ3) is 3.10. The zero-order valence-electron chi connectivity index (χ0n) is 15.3. The molecule has 2 aromatic heterocycles. The van der Waals surface area contributed by atoms with Crippen LogP contribution in [0.5, 0.6) is 0 Å². The van der Waals surface area contributed by atoms with Crippen molar-refractivity contribution in [1.29, 1.82) is 0 Å². The number of pyridine rings is 1. The predicted molar refractivity (Wildman–Crippen MR) is 103 cm³/mol. The zero-order valence-corrected chi connectivity index (χ0v) is 15.3. The van der Waals surface area contributed by atoms with Crippen LogP contribution in [0.4, 0.5) is 10.1 Å². The zero-order chi connectivity index (χ0) is 18.4. The Hall–Kier alpha value is -2.40. The summed E-state index contributed by atoms with van der Waals surface area (Å²) in [7, 11) is 0. The minimum atomic E-state index is -0.476. The SMILES string of the molecule is O[C@H](c1c(C2CC2)ccn2cncc12)C1CCN(c2cccc(F)c2)CC1. The summed E-state index contributed by atoms with van der Waals surface area (Å²) < 4.78 is 15.5. The molecule has 140 valence electrons. The van der Waals surface area contributed by atoms with Crippen molar-refractivity contribution < 1.29 is 9.50 Å². The first-order valence-corrected chi connectivity index (χ1v) is 9.84. The van der Waals surface area contributed by atoms with Gasteiger partial charge in [-0.15, -0.1) is 0 Å². The second-order valence-corrected chi connectivity index (χ2v) is 7.89. The maximum atomic E-state index is 13.5. The molecule has 2 fully saturated rings. The van der Waals surface area contributed by atoms with Crippen molar-refractivity contribution in [3.8, 4) is 0 Å². The van der Waals surface area contributed by atoms with E-state index in [9.17, 15) is 9.50 Å². The summed E-state index contributed by atoms with van der Waals surface area (Å²) in [5, 5.41) is 11.3. The lowest BCUT2D eigenvalue weighted by molar-refractivity contribution is 0.0931. The molecule has 0 bridgehead atoms. The fourth-order valence-corrected chi connectivity index (χ4v) is 4.48. The van der Waals surface area contributed by atoms with Gasteiger partial charge in [0.15, 0.2) is 0 Å². The van der Waals surface area contributed by atoms with E-state index in [4.69, 9.17) is 0 Å². The standard InChI is InChI=1S/C22H24FN3O/c23-17-2-1-3-18(12-17)25-9-6-16(7-10-25)22(27)21-19(15-4-5-15)8-11-26-14-24-13-20(21)26/h1-3,8,11-16,22,27H,4-7,9-10H2/t22-/m0/s1. The Labute approximate surface area is 158 Å². The van der Waals surface area contributed by atoms with Crippen molar-refractivity contribution in [2.45, 2.75) is 37.7 Å². The first-order valence-electron chi connectivity index (χ1n) is 9.84. The summed E-state index contributed by atoms with van der Waals surface area (Å²) in [5.41, 5.74) is 4.32. The number of fused-ring (bicyclic) bond motifs is 1. The molecule has 2 aliphatic rings. The van der Waals surface area contributed by atoms with E-state index in [2.05, 4.69) is 22.1 Å². The van der Waals surface area contributed by atoms with Gasteiger partial charge in [0, 0.05) is 30.5 Å². The highest BCUT2D eigenvalue weighted by Gasteiger charge is 2.33. The fraction of sp³-hybridized carbons (Fsp3) is 0.409. The summed E-state index contributed by atoms with van der Waals surface area (Å²) in [4.78, 5) is 6.49. The summed E-state index contributed by atoms with van der Waals surface area (Å²) >= 11 is 0. The van der Waals surface area contributed by atoms with Crippen LogP contribution in [0.1, 0.15) is 48.8 Å². The molecule has 0 amide bonds. The second-order valence-electron chi connectivity index (χ2n) is 7.89. The monoisotopic (exact) mass is 365 g/mol. The molecule has 3 heterocycles. The third-order valence-corrected chi connectivity index (χ3v) is 6.14. The van der Waals surface area contributed by atoms with E-state index in [-0.39, 0.29) is 11.7 Å². The maximum absolute atomic E-state index is 13.5. The number of hydrogen-bond acceptors (Lipinski definition) is 3. The molecule has 1 aliphatic carbocycles. The Morgan fingerprint density at radius 3 is 2.67 bits per heavy atom. The average Bonchev–Trinajstić information content (AvgIpc) is 3.43. The summed E-state index contributed by atoms with van der Waals surface area (Å²) in [6, 6.07) is 8.94. The van der Waals surface area contributed by atoms with Crippen LogP contribution in [0.2, 0.25) is 0 Å². The molecule has 0 radical (unpaired) electrons. The highest BCUT2D eigenvalue weighted by molar-refractivity contribution is 5.59. The Morgan fingerprint density at radius 2 is 1.93 bits per heavy atom. The number of anilines is 1. The van der Waals surface area contributed by atoms with Crippen LogP contribution in [0, 0.1) is 11.7 Å². The number of aliphatic hydroxyl groups excluding tert-OH is 1. The first kappa shape index (κ1) is 16.8. The van der Waals surface area contributed by atoms with Gasteiger partial charge in [0.2, 0.25) is 0 Å². The topological polar surface area (TPSA) is 40.8 Å². The van der Waals surface area contributed by atoms with Gasteiger partial charge in [0.25, 0.3) is 0 Å². The average molecular weight is 365 g/mol. The number of halogens is 1. The van der Waals surface area contributed by atoms with Crippen LogP contribution in [-0.2, 0) is 0 Å². The van der Waals surface area contributed by atoms with Gasteiger partial charge in [-0.3, -0.25) is 0 Å². The smallest absolute Gasteiger partial charge is 0.125 e. The Bertz CT molecular complexity index is 957. The van der Waals surface area contributed by atoms with Crippen LogP contribution in [0.25, 0.3) is 5.52 Å². The van der Waals surface area contributed by atoms with Crippen LogP contribution < -0.4 is 4.90 Å². The van der Waals surface area contributed by atoms with E-state index in [1.54, 1.807) is 18.5 Å². The lowest BCUT2D eigenvalue weighted by Crippen LogP contribution is -2.36. The van der Waals surface area contributed by atoms with Gasteiger partial charge in [-0.2, -0.15) is 0 Å². The number of hydrogen-bond donors (Lipinski definition) is 1. The maximum Gasteiger partial charge on any atom is 0.125 e. The highest BCUT2D eigenvalue weighted by Crippen LogP contribution is 2.46. The molecule has 1 N–H and O–H groups in total. The summed E-state index contributed by atoms with van der Waals surface area (Å²) in [5.74, 6) is 0.603. The summed E-state index contributed by atoms with van der Waals surface area (Å²) in [6.45, 7) is 1.68. The van der Waals surface area contributed by atoms with E-state index in [1.165, 1.54) is 24.5 Å². The molecule has 1 saturated heterocycles. The minimum absolute atomic E-state index is 0.198. The van der Waals surface area contributed by atoms with Gasteiger partial charge in [0.1, 0.15) is 5.82 Å². The molecular formula is C22H24FN3O. The quantitative estimate of drug-likeness (QED) is 0.749. The first-order chi connectivity index (χ1) is 13.2. The van der Waals surface area contributed by atoms with Crippen molar-refractivity contribution in [2.24, 2.45) is 5.92 Å². The second kappa shape index (κ2) is 6.64. The highest BCUT2D eigenvalue weighted by atomic mass is 19.1. The molecule has 3 aromatic rings. The lowest BCUT2D eigenvalue weighted by Gasteiger charge is -2.36. The van der Waals surface area contributed by atoms with Crippen LogP contribution in [-0.4, -0.2) is 27.6 Å². The van der Waals surface area contributed by atoms with Crippen molar-refractivity contribution >= 4 is 11.2 Å². The van der Waals surface area contributed by atoms with E-state index >= 15 is 0 Å². The van der Waals surface area contributed by atoms with Crippen LogP contribution >= 0.6 is 0 Å². The number of benzene rings is 1. The predicted octanol–water partition coefficient (Wildman–Crippen LogP) is 4.30. The van der Waals surface area contributed by atoms with Crippen LogP contribution in [0.3, 0.4) is 0 Å². The summed E-state index contributed by atoms with van der Waals surface area (Å²) in [6.07, 6.45) is 9.47. The lowest BCUT2D eigenvalue weighted by atomic mass is 9.84. The van der Waals surface area contributed by atoms with Gasteiger partial charge < -0.3 is 14.4 Å². The number of aliphatic hydroxyl groups is 1. The molecule has 5 heteroatoms. The Kier molecular flexibility index (Phi) is 4.12. The van der Waals surface area contributed by atoms with Gasteiger partial charge >= 0.3 is 0 Å². The van der Waals surface area contributed by atoms with Gasteiger partial charge in [-0.25, -0.2) is 9.37 Å². The third-order valence-electron chi connectivity index (χ3n) is 6.14. The van der Waals surface area contributed by atoms with Crippen molar-refractivity contribution in [1.82, 2.24) is 9.38 Å². The minimum Gasteiger partial charge on any atom is -0.388 e. The molecule has 27 heavy (non-hydrogen) atoms. The van der Waals surface area contributed by atoms with Gasteiger partial charge in [-0.05, 0) is 67.3 Å². The molecular weight excluding hydrogens is 341 g/mol. The van der Waals surface area contributed by atoms with Crippen LogP contribution in [0.15, 0.2) is 49.1 Å². The Balaban J connectivity index is 1.38. The van der Waals surface area contributed by atoms with E-state index < -0.39 is 6.10 Å². The molecule has 1 aromatic carbocycles. The molecule has 1 atom stereocenters. The fourth-order valence-electron chi connectivity index (χ4n) is 4.48. The molecule has 5 rings (SSSR count). The molecule has 4 nitrogen and oxygen atoms in total. The molecule has 1 aliphatic heterocycles. The molecule has 1 saturated carbocycles. The number of piperidine rings is 1. The van der Waals surface area contributed by atoms with Gasteiger partial charge in [0.05, 0.1) is 24.1 Å². The molecule has 0 unspecified atom stereocenters. The van der Waals surface area contributed by atoms with Crippen molar-refractivity contribution in [3.05, 3.63) is 66.0 Å². The van der Waals surface area contributed by atoms with E-state index in [0.29, 0.717) is 5.92 Å². The van der Waals surface area contributed by atoms with E-state index in [1.807, 2.05) is 16.7 Å². The van der Waals surface area contributed by atoms with Gasteiger partial charge in [-0.1, -0.05) is 6.07 Å².